The average Bonchev–Trinajstić information content (AvgIpc) is 2.19. The van der Waals surface area contributed by atoms with Crippen molar-refractivity contribution in [1.29, 1.82) is 0 Å². The molecule has 0 N–H and O–H groups in total. The zero-order chi connectivity index (χ0) is 9.10. The summed E-state index contributed by atoms with van der Waals surface area (Å²) < 4.78 is 0. The summed E-state index contributed by atoms with van der Waals surface area (Å²) in [4.78, 5) is 0. The second-order valence-electron chi connectivity index (χ2n) is 3.67. The molecule has 1 aromatic rings. The van der Waals surface area contributed by atoms with E-state index in [1.54, 1.807) is 5.92 Å². The Labute approximate surface area is 84.9 Å². The first-order valence-corrected chi connectivity index (χ1v) is 5.35. The molecular formula is C12H14Cl. The third-order valence-corrected chi connectivity index (χ3v) is 2.93. The molecule has 0 nitrogen and oxygen atoms in total. The molecular weight excluding hydrogens is 180 g/mol. The molecule has 1 fully saturated rings. The summed E-state index contributed by atoms with van der Waals surface area (Å²) in [6.45, 7) is 0. The van der Waals surface area contributed by atoms with Crippen LogP contribution in [0.4, 0.5) is 0 Å². The molecule has 0 amide bonds. The van der Waals surface area contributed by atoms with Crippen molar-refractivity contribution < 1.29 is 0 Å². The van der Waals surface area contributed by atoms with Gasteiger partial charge >= 0.3 is 0 Å². The smallest absolute Gasteiger partial charge is 0.0408 e. The highest BCUT2D eigenvalue weighted by atomic mass is 35.5. The second-order valence-corrected chi connectivity index (χ2v) is 4.11. The molecule has 1 aliphatic rings. The maximum atomic E-state index is 5.95. The third-order valence-electron chi connectivity index (χ3n) is 2.69. The van der Waals surface area contributed by atoms with Crippen molar-refractivity contribution in [3.05, 3.63) is 40.8 Å². The summed E-state index contributed by atoms with van der Waals surface area (Å²) >= 11 is 5.95. The van der Waals surface area contributed by atoms with Crippen molar-refractivity contribution >= 4 is 11.6 Å². The van der Waals surface area contributed by atoms with Crippen LogP contribution in [0.3, 0.4) is 0 Å². The fourth-order valence-corrected chi connectivity index (χ4v) is 2.17. The summed E-state index contributed by atoms with van der Waals surface area (Å²) in [5.74, 6) is 1.59. The highest BCUT2D eigenvalue weighted by molar-refractivity contribution is 6.30. The molecule has 0 unspecified atom stereocenters. The van der Waals surface area contributed by atoms with Crippen LogP contribution in [-0.4, -0.2) is 0 Å². The van der Waals surface area contributed by atoms with E-state index in [1.165, 1.54) is 37.7 Å². The minimum Gasteiger partial charge on any atom is -0.0843 e. The lowest BCUT2D eigenvalue weighted by atomic mass is 9.84. The van der Waals surface area contributed by atoms with Gasteiger partial charge in [0.1, 0.15) is 0 Å². The fourth-order valence-electron chi connectivity index (χ4n) is 1.98. The molecule has 13 heavy (non-hydrogen) atoms. The Bertz CT molecular complexity index is 274. The number of hydrogen-bond acceptors (Lipinski definition) is 0. The Balaban J connectivity index is 2.14. The van der Waals surface area contributed by atoms with Crippen LogP contribution in [-0.2, 0) is 0 Å². The predicted octanol–water partition coefficient (Wildman–Crippen LogP) is 4.23. The van der Waals surface area contributed by atoms with Crippen LogP contribution < -0.4 is 0 Å². The molecule has 1 heteroatoms. The summed E-state index contributed by atoms with van der Waals surface area (Å²) in [5, 5.41) is 0.857. The molecule has 69 valence electrons. The minimum absolute atomic E-state index is 0.857. The van der Waals surface area contributed by atoms with Gasteiger partial charge in [-0.2, -0.15) is 0 Å². The van der Waals surface area contributed by atoms with Gasteiger partial charge < -0.3 is 0 Å². The van der Waals surface area contributed by atoms with Crippen LogP contribution in [0.15, 0.2) is 24.3 Å². The molecule has 0 bridgehead atoms. The summed E-state index contributed by atoms with van der Waals surface area (Å²) in [6.07, 6.45) is 6.62. The van der Waals surface area contributed by atoms with Crippen LogP contribution >= 0.6 is 11.6 Å². The number of rotatable bonds is 1. The van der Waals surface area contributed by atoms with Crippen molar-refractivity contribution in [2.24, 2.45) is 0 Å². The zero-order valence-electron chi connectivity index (χ0n) is 7.72. The Kier molecular flexibility index (Phi) is 2.90. The van der Waals surface area contributed by atoms with Gasteiger partial charge in [0.2, 0.25) is 0 Å². The molecule has 0 aromatic heterocycles. The van der Waals surface area contributed by atoms with Gasteiger partial charge in [0.15, 0.2) is 0 Å². The largest absolute Gasteiger partial charge is 0.0843 e. The van der Waals surface area contributed by atoms with Gasteiger partial charge in [-0.05, 0) is 30.5 Å². The SMILES string of the molecule is Clc1cccc([C]2CCCCC2)c1. The predicted molar refractivity (Wildman–Crippen MR) is 56.9 cm³/mol. The molecule has 1 radical (unpaired) electrons. The van der Waals surface area contributed by atoms with Crippen molar-refractivity contribution in [1.82, 2.24) is 0 Å². The summed E-state index contributed by atoms with van der Waals surface area (Å²) in [7, 11) is 0. The van der Waals surface area contributed by atoms with Gasteiger partial charge in [-0.3, -0.25) is 0 Å². The molecule has 1 aromatic carbocycles. The lowest BCUT2D eigenvalue weighted by molar-refractivity contribution is 0.551. The van der Waals surface area contributed by atoms with Gasteiger partial charge in [0.05, 0.1) is 0 Å². The standard InChI is InChI=1S/C12H14Cl/c13-12-8-4-7-11(9-12)10-5-2-1-3-6-10/h4,7-9H,1-3,5-6H2. The highest BCUT2D eigenvalue weighted by Crippen LogP contribution is 2.32. The Morgan fingerprint density at radius 2 is 1.77 bits per heavy atom. The van der Waals surface area contributed by atoms with Crippen LogP contribution in [0.25, 0.3) is 0 Å². The van der Waals surface area contributed by atoms with Gasteiger partial charge in [-0.1, -0.05) is 43.0 Å². The van der Waals surface area contributed by atoms with Crippen molar-refractivity contribution in [3.63, 3.8) is 0 Å². The van der Waals surface area contributed by atoms with Crippen molar-refractivity contribution in [2.45, 2.75) is 32.1 Å². The average molecular weight is 194 g/mol. The molecule has 2 rings (SSSR count). The van der Waals surface area contributed by atoms with E-state index in [0.717, 1.165) is 5.02 Å². The van der Waals surface area contributed by atoms with Crippen LogP contribution in [0.5, 0.6) is 0 Å². The fraction of sp³-hybridized carbons (Fsp3) is 0.417. The zero-order valence-corrected chi connectivity index (χ0v) is 8.48. The number of halogens is 1. The van der Waals surface area contributed by atoms with E-state index in [1.807, 2.05) is 12.1 Å². The first-order chi connectivity index (χ1) is 6.36. The summed E-state index contributed by atoms with van der Waals surface area (Å²) in [6, 6.07) is 8.24. The monoisotopic (exact) mass is 193 g/mol. The van der Waals surface area contributed by atoms with E-state index in [-0.39, 0.29) is 0 Å². The van der Waals surface area contributed by atoms with Gasteiger partial charge in [-0.25, -0.2) is 0 Å². The molecule has 0 spiro atoms. The van der Waals surface area contributed by atoms with Gasteiger partial charge in [-0.15, -0.1) is 0 Å². The Hall–Kier alpha value is -0.490. The van der Waals surface area contributed by atoms with E-state index in [9.17, 15) is 0 Å². The van der Waals surface area contributed by atoms with E-state index in [2.05, 4.69) is 12.1 Å². The van der Waals surface area contributed by atoms with Crippen LogP contribution in [0.2, 0.25) is 5.02 Å². The van der Waals surface area contributed by atoms with E-state index >= 15 is 0 Å². The van der Waals surface area contributed by atoms with Crippen molar-refractivity contribution in [2.75, 3.05) is 0 Å². The maximum Gasteiger partial charge on any atom is 0.0408 e. The van der Waals surface area contributed by atoms with E-state index in [0.29, 0.717) is 0 Å². The lowest BCUT2D eigenvalue weighted by Gasteiger charge is -2.21. The second kappa shape index (κ2) is 4.15. The van der Waals surface area contributed by atoms with E-state index < -0.39 is 0 Å². The molecule has 1 saturated carbocycles. The van der Waals surface area contributed by atoms with Crippen LogP contribution in [0, 0.1) is 5.92 Å². The van der Waals surface area contributed by atoms with Gasteiger partial charge in [0, 0.05) is 10.9 Å². The van der Waals surface area contributed by atoms with Gasteiger partial charge in [0.25, 0.3) is 0 Å². The molecule has 0 atom stereocenters. The third kappa shape index (κ3) is 2.25. The molecule has 1 aliphatic carbocycles. The minimum atomic E-state index is 0.857. The Morgan fingerprint density at radius 3 is 2.46 bits per heavy atom. The quantitative estimate of drug-likeness (QED) is 0.626. The lowest BCUT2D eigenvalue weighted by Crippen LogP contribution is -2.04. The Morgan fingerprint density at radius 1 is 1.00 bits per heavy atom. The first-order valence-electron chi connectivity index (χ1n) is 4.97. The highest BCUT2D eigenvalue weighted by Gasteiger charge is 2.15. The van der Waals surface area contributed by atoms with Crippen molar-refractivity contribution in [3.8, 4) is 0 Å². The molecule has 0 aliphatic heterocycles. The summed E-state index contributed by atoms with van der Waals surface area (Å²) in [5.41, 5.74) is 1.35. The molecule has 0 saturated heterocycles. The van der Waals surface area contributed by atoms with Crippen LogP contribution in [0.1, 0.15) is 37.7 Å². The number of benzene rings is 1. The normalized spacial score (nSPS) is 18.8. The molecule has 0 heterocycles. The topological polar surface area (TPSA) is 0 Å². The van der Waals surface area contributed by atoms with E-state index in [4.69, 9.17) is 11.6 Å². The first kappa shape index (κ1) is 9.08. The number of hydrogen-bond donors (Lipinski definition) is 0. The maximum absolute atomic E-state index is 5.95.